The van der Waals surface area contributed by atoms with Crippen molar-refractivity contribution < 1.29 is 19.1 Å². The number of carbonyl (C=O) groups is 2. The largest absolute Gasteiger partial charge is 0.419 e. The summed E-state index contributed by atoms with van der Waals surface area (Å²) < 4.78 is 10.8. The van der Waals surface area contributed by atoms with Crippen LogP contribution in [0.1, 0.15) is 33.8 Å². The van der Waals surface area contributed by atoms with E-state index in [9.17, 15) is 9.59 Å². The smallest absolute Gasteiger partial charge is 0.342 e. The van der Waals surface area contributed by atoms with Crippen LogP contribution >= 0.6 is 23.2 Å². The highest BCUT2D eigenvalue weighted by Gasteiger charge is 2.35. The van der Waals surface area contributed by atoms with Gasteiger partial charge in [-0.3, -0.25) is 0 Å². The molecule has 1 heterocycles. The number of cyclic esters (lactones) is 1. The molecule has 0 saturated heterocycles. The first kappa shape index (κ1) is 19.3. The molecule has 0 radical (unpaired) electrons. The fourth-order valence-corrected chi connectivity index (χ4v) is 3.58. The van der Waals surface area contributed by atoms with Crippen molar-refractivity contribution in [3.8, 4) is 0 Å². The monoisotopic (exact) mass is 427 g/mol. The van der Waals surface area contributed by atoms with Gasteiger partial charge in [-0.2, -0.15) is 0 Å². The van der Waals surface area contributed by atoms with Gasteiger partial charge in [-0.05, 0) is 23.8 Å². The van der Waals surface area contributed by atoms with E-state index < -0.39 is 24.3 Å². The average molecular weight is 428 g/mol. The van der Waals surface area contributed by atoms with Crippen LogP contribution in [0.2, 0.25) is 10.0 Å². The van der Waals surface area contributed by atoms with Crippen molar-refractivity contribution in [1.82, 2.24) is 0 Å². The molecular formula is C22H15Cl2NO4. The number of benzene rings is 3. The van der Waals surface area contributed by atoms with Gasteiger partial charge in [-0.15, -0.1) is 0 Å². The maximum atomic E-state index is 13.1. The summed E-state index contributed by atoms with van der Waals surface area (Å²) in [6, 6.07) is 19.9. The van der Waals surface area contributed by atoms with Crippen LogP contribution in [-0.4, -0.2) is 11.9 Å². The van der Waals surface area contributed by atoms with Gasteiger partial charge in [0.1, 0.15) is 0 Å². The molecule has 1 N–H and O–H groups in total. The molecule has 0 bridgehead atoms. The Bertz CT molecular complexity index is 1050. The number of carbonyl (C=O) groups excluding carboxylic acids is 2. The second-order valence-corrected chi connectivity index (χ2v) is 7.16. The van der Waals surface area contributed by atoms with E-state index in [0.717, 1.165) is 0 Å². The average Bonchev–Trinajstić information content (AvgIpc) is 3.04. The highest BCUT2D eigenvalue weighted by atomic mass is 35.5. The van der Waals surface area contributed by atoms with Crippen molar-refractivity contribution >= 4 is 40.8 Å². The number of anilines is 1. The minimum absolute atomic E-state index is 0.365. The molecule has 2 atom stereocenters. The fourth-order valence-electron chi connectivity index (χ4n) is 3.08. The summed E-state index contributed by atoms with van der Waals surface area (Å²) in [7, 11) is 0. The number of fused-ring (bicyclic) bond motifs is 1. The number of hydrogen-bond donors (Lipinski definition) is 1. The van der Waals surface area contributed by atoms with Crippen LogP contribution in [0.5, 0.6) is 0 Å². The molecule has 146 valence electrons. The lowest BCUT2D eigenvalue weighted by Gasteiger charge is -2.22. The number of hydrogen-bond acceptors (Lipinski definition) is 5. The van der Waals surface area contributed by atoms with E-state index in [4.69, 9.17) is 32.7 Å². The first-order valence-electron chi connectivity index (χ1n) is 8.80. The van der Waals surface area contributed by atoms with Crippen molar-refractivity contribution in [2.75, 3.05) is 5.32 Å². The third-order valence-electron chi connectivity index (χ3n) is 4.49. The van der Waals surface area contributed by atoms with Crippen LogP contribution in [0, 0.1) is 0 Å². The molecule has 0 amide bonds. The number of para-hydroxylation sites is 1. The molecule has 4 rings (SSSR count). The van der Waals surface area contributed by atoms with Crippen molar-refractivity contribution in [2.24, 2.45) is 0 Å². The van der Waals surface area contributed by atoms with Gasteiger partial charge in [0.25, 0.3) is 6.29 Å². The molecule has 0 fully saturated rings. The van der Waals surface area contributed by atoms with Crippen LogP contribution in [0.3, 0.4) is 0 Å². The van der Waals surface area contributed by atoms with E-state index >= 15 is 0 Å². The van der Waals surface area contributed by atoms with Crippen molar-refractivity contribution in [3.05, 3.63) is 99.5 Å². The van der Waals surface area contributed by atoms with E-state index in [-0.39, 0.29) is 0 Å². The van der Waals surface area contributed by atoms with Crippen molar-refractivity contribution in [1.29, 1.82) is 0 Å². The minimum Gasteiger partial charge on any atom is -0.419 e. The maximum Gasteiger partial charge on any atom is 0.342 e. The van der Waals surface area contributed by atoms with Gasteiger partial charge in [0.2, 0.25) is 0 Å². The molecule has 29 heavy (non-hydrogen) atoms. The second-order valence-electron chi connectivity index (χ2n) is 6.35. The fraction of sp³-hybridized carbons (Fsp3) is 0.0909. The highest BCUT2D eigenvalue weighted by Crippen LogP contribution is 2.36. The van der Waals surface area contributed by atoms with E-state index in [1.807, 2.05) is 6.07 Å². The Morgan fingerprint density at radius 3 is 2.31 bits per heavy atom. The van der Waals surface area contributed by atoms with E-state index in [1.165, 1.54) is 0 Å². The topological polar surface area (TPSA) is 64.6 Å². The zero-order chi connectivity index (χ0) is 20.4. The number of ether oxygens (including phenoxy) is 2. The molecule has 1 aliphatic rings. The van der Waals surface area contributed by atoms with E-state index in [2.05, 4.69) is 5.32 Å². The third kappa shape index (κ3) is 3.92. The summed E-state index contributed by atoms with van der Waals surface area (Å²) in [6.45, 7) is 0. The number of halogens is 2. The molecule has 2 unspecified atom stereocenters. The molecule has 1 aliphatic heterocycles. The molecule has 5 nitrogen and oxygen atoms in total. The van der Waals surface area contributed by atoms with E-state index in [0.29, 0.717) is 32.4 Å². The predicted octanol–water partition coefficient (Wildman–Crippen LogP) is 5.56. The minimum atomic E-state index is -1.11. The van der Waals surface area contributed by atoms with Crippen molar-refractivity contribution in [3.63, 3.8) is 0 Å². The van der Waals surface area contributed by atoms with Crippen LogP contribution in [0.25, 0.3) is 0 Å². The molecule has 7 heteroatoms. The number of esters is 2. The second kappa shape index (κ2) is 8.15. The lowest BCUT2D eigenvalue weighted by atomic mass is 10.1. The predicted molar refractivity (Wildman–Crippen MR) is 110 cm³/mol. The van der Waals surface area contributed by atoms with Crippen LogP contribution < -0.4 is 5.32 Å². The molecule has 0 aliphatic carbocycles. The Hall–Kier alpha value is -3.02. The Morgan fingerprint density at radius 2 is 1.59 bits per heavy atom. The highest BCUT2D eigenvalue weighted by molar-refractivity contribution is 6.39. The molecular weight excluding hydrogens is 413 g/mol. The normalized spacial score (nSPS) is 15.9. The molecule has 0 aromatic heterocycles. The summed E-state index contributed by atoms with van der Waals surface area (Å²) in [4.78, 5) is 25.1. The maximum absolute atomic E-state index is 13.1. The summed E-state index contributed by atoms with van der Waals surface area (Å²) in [5.41, 5.74) is 1.94. The molecule has 0 saturated carbocycles. The van der Waals surface area contributed by atoms with Gasteiger partial charge >= 0.3 is 11.9 Å². The SMILES string of the molecule is O=C1OC(OC(=O)C(Nc2c(Cl)cccc2Cl)c2ccccc2)c2ccccc21. The van der Waals surface area contributed by atoms with Crippen molar-refractivity contribution in [2.45, 2.75) is 12.3 Å². The Balaban J connectivity index is 1.64. The Morgan fingerprint density at radius 1 is 0.931 bits per heavy atom. The summed E-state index contributed by atoms with van der Waals surface area (Å²) in [5.74, 6) is -1.17. The molecule has 3 aromatic rings. The van der Waals surface area contributed by atoms with Crippen LogP contribution in [0.4, 0.5) is 5.69 Å². The first-order valence-corrected chi connectivity index (χ1v) is 9.56. The van der Waals surface area contributed by atoms with Gasteiger partial charge in [0.05, 0.1) is 21.3 Å². The zero-order valence-corrected chi connectivity index (χ0v) is 16.5. The van der Waals surface area contributed by atoms with Crippen LogP contribution in [0.15, 0.2) is 72.8 Å². The third-order valence-corrected chi connectivity index (χ3v) is 5.12. The Kier molecular flexibility index (Phi) is 5.43. The lowest BCUT2D eigenvalue weighted by molar-refractivity contribution is -0.168. The molecule has 3 aromatic carbocycles. The zero-order valence-electron chi connectivity index (χ0n) is 15.0. The van der Waals surface area contributed by atoms with Gasteiger partial charge in [0.15, 0.2) is 6.04 Å². The summed E-state index contributed by atoms with van der Waals surface area (Å²) >= 11 is 12.5. The van der Waals surface area contributed by atoms with Gasteiger partial charge < -0.3 is 14.8 Å². The summed E-state index contributed by atoms with van der Waals surface area (Å²) in [5, 5.41) is 3.79. The molecule has 0 spiro atoms. The Labute approximate surface area is 177 Å². The standard InChI is InChI=1S/C22H15Cl2NO4/c23-16-11-6-12-17(24)19(16)25-18(13-7-2-1-3-8-13)21(27)29-22-15-10-5-4-9-14(15)20(26)28-22/h1-12,18,22,25H. The quantitative estimate of drug-likeness (QED) is 0.539. The first-order chi connectivity index (χ1) is 14.0. The van der Waals surface area contributed by atoms with Gasteiger partial charge in [-0.1, -0.05) is 77.8 Å². The lowest BCUT2D eigenvalue weighted by Crippen LogP contribution is -2.25. The van der Waals surface area contributed by atoms with E-state index in [1.54, 1.807) is 66.7 Å². The van der Waals surface area contributed by atoms with Gasteiger partial charge in [0, 0.05) is 5.56 Å². The number of rotatable bonds is 5. The van der Waals surface area contributed by atoms with Gasteiger partial charge in [-0.25, -0.2) is 9.59 Å². The van der Waals surface area contributed by atoms with Crippen LogP contribution in [-0.2, 0) is 14.3 Å². The number of nitrogens with one attached hydrogen (secondary N) is 1. The summed E-state index contributed by atoms with van der Waals surface area (Å²) in [6.07, 6.45) is -1.11.